The predicted molar refractivity (Wildman–Crippen MR) is 79.5 cm³/mol. The maximum Gasteiger partial charge on any atom is 0.378 e. The first kappa shape index (κ1) is 17.0. The first-order valence-corrected chi connectivity index (χ1v) is 6.77. The second kappa shape index (κ2) is 7.68. The van der Waals surface area contributed by atoms with Gasteiger partial charge in [0.15, 0.2) is 0 Å². The van der Waals surface area contributed by atoms with Crippen molar-refractivity contribution in [2.24, 2.45) is 0 Å². The van der Waals surface area contributed by atoms with Crippen molar-refractivity contribution >= 4 is 33.4 Å². The smallest absolute Gasteiger partial charge is 0.378 e. The zero-order valence-corrected chi connectivity index (χ0v) is 13.4. The number of aliphatic hydroxyl groups excluding tert-OH is 1. The van der Waals surface area contributed by atoms with Gasteiger partial charge in [-0.15, -0.1) is 0 Å². The summed E-state index contributed by atoms with van der Waals surface area (Å²) < 4.78 is 15.4. The van der Waals surface area contributed by atoms with E-state index < -0.39 is 17.5 Å². The van der Waals surface area contributed by atoms with Gasteiger partial charge in [0.25, 0.3) is 5.78 Å². The molecular weight excluding hydrogens is 344 g/mol. The maximum atomic E-state index is 11.4. The van der Waals surface area contributed by atoms with Crippen LogP contribution < -0.4 is 9.47 Å². The highest BCUT2D eigenvalue weighted by molar-refractivity contribution is 9.10. The van der Waals surface area contributed by atoms with Crippen molar-refractivity contribution in [1.82, 2.24) is 0 Å². The Morgan fingerprint density at radius 1 is 1.29 bits per heavy atom. The Kier molecular flexibility index (Phi) is 6.23. The van der Waals surface area contributed by atoms with Crippen LogP contribution in [0.4, 0.5) is 0 Å². The molecule has 0 amide bonds. The van der Waals surface area contributed by atoms with Crippen molar-refractivity contribution in [3.8, 4) is 11.5 Å². The summed E-state index contributed by atoms with van der Waals surface area (Å²) in [7, 11) is 2.58. The van der Waals surface area contributed by atoms with Gasteiger partial charge in [0.1, 0.15) is 17.3 Å². The second-order valence-electron chi connectivity index (χ2n) is 3.80. The van der Waals surface area contributed by atoms with E-state index >= 15 is 0 Å². The lowest BCUT2D eigenvalue weighted by Crippen LogP contribution is -2.13. The fourth-order valence-corrected chi connectivity index (χ4v) is 2.03. The van der Waals surface area contributed by atoms with Gasteiger partial charge in [0.2, 0.25) is 0 Å². The van der Waals surface area contributed by atoms with E-state index in [1.54, 1.807) is 13.0 Å². The van der Waals surface area contributed by atoms with E-state index in [1.165, 1.54) is 13.2 Å². The number of esters is 1. The third-order valence-electron chi connectivity index (χ3n) is 2.48. The molecule has 114 valence electrons. The zero-order valence-electron chi connectivity index (χ0n) is 11.8. The number of carbonyl (C=O) groups excluding carboxylic acids is 2. The Balaban J connectivity index is 3.27. The molecule has 7 heteroatoms. The lowest BCUT2D eigenvalue weighted by molar-refractivity contribution is -0.149. The average Bonchev–Trinajstić information content (AvgIpc) is 2.47. The first-order valence-electron chi connectivity index (χ1n) is 5.98. The molecular formula is C14H15BrO6. The van der Waals surface area contributed by atoms with Crippen molar-refractivity contribution in [3.05, 3.63) is 28.2 Å². The first-order chi connectivity index (χ1) is 9.94. The van der Waals surface area contributed by atoms with E-state index in [1.807, 2.05) is 0 Å². The highest BCUT2D eigenvalue weighted by atomic mass is 79.9. The zero-order chi connectivity index (χ0) is 16.0. The van der Waals surface area contributed by atoms with Gasteiger partial charge >= 0.3 is 5.97 Å². The van der Waals surface area contributed by atoms with E-state index in [9.17, 15) is 14.7 Å². The SMILES string of the molecule is CCOc1cc(OC)c(Br)cc1/C(O)=C/C(=O)C(=O)OC. The summed E-state index contributed by atoms with van der Waals surface area (Å²) in [5.74, 6) is -1.60. The molecule has 6 nitrogen and oxygen atoms in total. The highest BCUT2D eigenvalue weighted by Crippen LogP contribution is 2.35. The molecule has 0 bridgehead atoms. The monoisotopic (exact) mass is 358 g/mol. The molecule has 0 aliphatic heterocycles. The van der Waals surface area contributed by atoms with Crippen molar-refractivity contribution in [3.63, 3.8) is 0 Å². The van der Waals surface area contributed by atoms with Gasteiger partial charge in [-0.2, -0.15) is 0 Å². The summed E-state index contributed by atoms with van der Waals surface area (Å²) >= 11 is 3.27. The normalized spacial score (nSPS) is 11.0. The summed E-state index contributed by atoms with van der Waals surface area (Å²) in [5.41, 5.74) is 0.252. The largest absolute Gasteiger partial charge is 0.507 e. The van der Waals surface area contributed by atoms with Gasteiger partial charge in [0.05, 0.1) is 30.9 Å². The van der Waals surface area contributed by atoms with Crippen molar-refractivity contribution in [1.29, 1.82) is 0 Å². The fraction of sp³-hybridized carbons (Fsp3) is 0.286. The van der Waals surface area contributed by atoms with Crippen LogP contribution in [0, 0.1) is 0 Å². The van der Waals surface area contributed by atoms with Crippen LogP contribution in [0.25, 0.3) is 5.76 Å². The van der Waals surface area contributed by atoms with Crippen LogP contribution >= 0.6 is 15.9 Å². The van der Waals surface area contributed by atoms with Crippen molar-refractivity contribution in [2.75, 3.05) is 20.8 Å². The average molecular weight is 359 g/mol. The lowest BCUT2D eigenvalue weighted by atomic mass is 10.1. The number of ketones is 1. The topological polar surface area (TPSA) is 82.1 Å². The van der Waals surface area contributed by atoms with Gasteiger partial charge in [0, 0.05) is 12.1 Å². The molecule has 0 saturated carbocycles. The van der Waals surface area contributed by atoms with E-state index in [0.29, 0.717) is 22.6 Å². The number of hydrogen-bond donors (Lipinski definition) is 1. The molecule has 0 fully saturated rings. The minimum atomic E-state index is -1.06. The third-order valence-corrected chi connectivity index (χ3v) is 3.10. The number of rotatable bonds is 6. The molecule has 0 aromatic heterocycles. The summed E-state index contributed by atoms with van der Waals surface area (Å²) in [6.07, 6.45) is 0.780. The number of carbonyl (C=O) groups is 2. The van der Waals surface area contributed by atoms with Crippen LogP contribution in [-0.2, 0) is 14.3 Å². The minimum Gasteiger partial charge on any atom is -0.507 e. The standard InChI is InChI=1S/C14H15BrO6/c1-4-21-12-7-13(19-2)9(15)5-8(12)10(16)6-11(17)14(18)20-3/h5-7,16H,4H2,1-3H3/b10-6-. The quantitative estimate of drug-likeness (QED) is 0.364. The van der Waals surface area contributed by atoms with Gasteiger partial charge in [-0.3, -0.25) is 4.79 Å². The van der Waals surface area contributed by atoms with Crippen LogP contribution in [-0.4, -0.2) is 37.7 Å². The Hall–Kier alpha value is -2.02. The summed E-state index contributed by atoms with van der Waals surface area (Å²) in [6.45, 7) is 2.13. The minimum absolute atomic E-state index is 0.252. The molecule has 21 heavy (non-hydrogen) atoms. The number of hydrogen-bond acceptors (Lipinski definition) is 6. The third kappa shape index (κ3) is 4.22. The Morgan fingerprint density at radius 2 is 1.95 bits per heavy atom. The van der Waals surface area contributed by atoms with E-state index in [4.69, 9.17) is 9.47 Å². The lowest BCUT2D eigenvalue weighted by Gasteiger charge is -2.13. The maximum absolute atomic E-state index is 11.4. The number of ether oxygens (including phenoxy) is 3. The van der Waals surface area contributed by atoms with Crippen LogP contribution in [0.5, 0.6) is 11.5 Å². The molecule has 0 saturated heterocycles. The Labute approximate surface area is 130 Å². The number of aliphatic hydroxyl groups is 1. The summed E-state index contributed by atoms with van der Waals surface area (Å²) in [6, 6.07) is 3.09. The molecule has 0 spiro atoms. The van der Waals surface area contributed by atoms with E-state index in [-0.39, 0.29) is 5.56 Å². The van der Waals surface area contributed by atoms with Crippen LogP contribution in [0.3, 0.4) is 0 Å². The fourth-order valence-electron chi connectivity index (χ4n) is 1.53. The molecule has 1 rings (SSSR count). The second-order valence-corrected chi connectivity index (χ2v) is 4.66. The van der Waals surface area contributed by atoms with Crippen LogP contribution in [0.15, 0.2) is 22.7 Å². The molecule has 1 aromatic rings. The number of halogens is 1. The molecule has 0 unspecified atom stereocenters. The predicted octanol–water partition coefficient (Wildman–Crippen LogP) is 2.50. The number of benzene rings is 1. The molecule has 1 aromatic carbocycles. The van der Waals surface area contributed by atoms with Crippen molar-refractivity contribution < 1.29 is 28.9 Å². The molecule has 0 atom stereocenters. The van der Waals surface area contributed by atoms with Crippen molar-refractivity contribution in [2.45, 2.75) is 6.92 Å². The molecule has 0 radical (unpaired) electrons. The summed E-state index contributed by atoms with van der Waals surface area (Å²) in [5, 5.41) is 10.0. The Bertz CT molecular complexity index is 579. The number of methoxy groups -OCH3 is 2. The molecule has 1 N–H and O–H groups in total. The summed E-state index contributed by atoms with van der Waals surface area (Å²) in [4.78, 5) is 22.5. The van der Waals surface area contributed by atoms with Gasteiger partial charge < -0.3 is 19.3 Å². The molecule has 0 heterocycles. The van der Waals surface area contributed by atoms with Gasteiger partial charge in [-0.1, -0.05) is 0 Å². The van der Waals surface area contributed by atoms with Gasteiger partial charge in [-0.25, -0.2) is 4.79 Å². The molecule has 0 aliphatic rings. The van der Waals surface area contributed by atoms with Gasteiger partial charge in [-0.05, 0) is 28.9 Å². The highest BCUT2D eigenvalue weighted by Gasteiger charge is 2.17. The van der Waals surface area contributed by atoms with E-state index in [2.05, 4.69) is 20.7 Å². The van der Waals surface area contributed by atoms with Crippen LogP contribution in [0.2, 0.25) is 0 Å². The van der Waals surface area contributed by atoms with E-state index in [0.717, 1.165) is 13.2 Å². The van der Waals surface area contributed by atoms with Crippen LogP contribution in [0.1, 0.15) is 12.5 Å². The molecule has 0 aliphatic carbocycles. The Morgan fingerprint density at radius 3 is 2.48 bits per heavy atom.